The van der Waals surface area contributed by atoms with E-state index in [9.17, 15) is 4.79 Å². The third-order valence-electron chi connectivity index (χ3n) is 4.83. The first-order valence-corrected chi connectivity index (χ1v) is 10.5. The molecule has 8 nitrogen and oxygen atoms in total. The van der Waals surface area contributed by atoms with E-state index in [1.807, 2.05) is 43.3 Å². The van der Waals surface area contributed by atoms with Gasteiger partial charge in [-0.2, -0.15) is 0 Å². The van der Waals surface area contributed by atoms with Crippen LogP contribution in [0.3, 0.4) is 0 Å². The van der Waals surface area contributed by atoms with Crippen molar-refractivity contribution in [2.24, 2.45) is 0 Å². The van der Waals surface area contributed by atoms with Crippen LogP contribution in [0.15, 0.2) is 79.1 Å². The van der Waals surface area contributed by atoms with Crippen LogP contribution in [0.5, 0.6) is 11.6 Å². The number of carbonyl (C=O) groups excluding carboxylic acids is 1. The smallest absolute Gasteiger partial charge is 0.319 e. The maximum Gasteiger partial charge on any atom is 0.319 e. The zero-order valence-electron chi connectivity index (χ0n) is 18.4. The number of nitrogens with zero attached hydrogens (tertiary/aromatic N) is 3. The summed E-state index contributed by atoms with van der Waals surface area (Å²) in [4.78, 5) is 25.2. The van der Waals surface area contributed by atoms with E-state index in [1.165, 1.54) is 5.56 Å². The van der Waals surface area contributed by atoms with Crippen molar-refractivity contribution in [1.29, 1.82) is 0 Å². The van der Waals surface area contributed by atoms with Gasteiger partial charge in [-0.3, -0.25) is 0 Å². The number of aryl methyl sites for hydroxylation is 1. The monoisotopic (exact) mass is 440 g/mol. The number of pyridine rings is 1. The van der Waals surface area contributed by atoms with Crippen molar-refractivity contribution in [3.63, 3.8) is 0 Å². The first-order valence-electron chi connectivity index (χ1n) is 10.5. The molecule has 2 heterocycles. The van der Waals surface area contributed by atoms with E-state index in [2.05, 4.69) is 30.9 Å². The minimum Gasteiger partial charge on any atom is -0.438 e. The summed E-state index contributed by atoms with van der Waals surface area (Å²) in [6.07, 6.45) is 3.34. The van der Waals surface area contributed by atoms with E-state index in [0.717, 1.165) is 11.1 Å². The molecular weight excluding hydrogens is 416 g/mol. The van der Waals surface area contributed by atoms with Crippen LogP contribution in [-0.4, -0.2) is 28.0 Å². The van der Waals surface area contributed by atoms with Gasteiger partial charge in [-0.25, -0.2) is 19.7 Å². The molecule has 0 aliphatic rings. The van der Waals surface area contributed by atoms with Crippen molar-refractivity contribution in [2.75, 3.05) is 17.7 Å². The van der Waals surface area contributed by atoms with Crippen LogP contribution in [0.4, 0.5) is 16.4 Å². The highest BCUT2D eigenvalue weighted by molar-refractivity contribution is 5.89. The van der Waals surface area contributed by atoms with Crippen LogP contribution >= 0.6 is 0 Å². The number of ether oxygens (including phenoxy) is 1. The Morgan fingerprint density at radius 1 is 0.939 bits per heavy atom. The molecule has 0 unspecified atom stereocenters. The van der Waals surface area contributed by atoms with Crippen LogP contribution in [-0.2, 0) is 6.54 Å². The zero-order chi connectivity index (χ0) is 23.0. The van der Waals surface area contributed by atoms with Crippen molar-refractivity contribution < 1.29 is 9.53 Å². The lowest BCUT2D eigenvalue weighted by atomic mass is 10.1. The third-order valence-corrected chi connectivity index (χ3v) is 4.83. The van der Waals surface area contributed by atoms with Gasteiger partial charge in [0.1, 0.15) is 5.75 Å². The van der Waals surface area contributed by atoms with Crippen molar-refractivity contribution in [2.45, 2.75) is 13.5 Å². The van der Waals surface area contributed by atoms with E-state index in [4.69, 9.17) is 4.74 Å². The maximum atomic E-state index is 12.2. The average molecular weight is 441 g/mol. The standard InChI is InChI=1S/C25H24N6O2/c1-17-5-7-18(8-6-17)16-29-25(32)30-19-9-11-20(12-10-19)33-23-21(4-3-14-27-23)22-13-15-28-24(26-2)31-22/h3-15H,16H2,1-2H3,(H,26,28,31)(H2,29,30,32). The number of benzene rings is 2. The average Bonchev–Trinajstić information content (AvgIpc) is 2.85. The van der Waals surface area contributed by atoms with Crippen molar-refractivity contribution in [1.82, 2.24) is 20.3 Å². The van der Waals surface area contributed by atoms with Crippen molar-refractivity contribution >= 4 is 17.7 Å². The fraction of sp³-hybridized carbons (Fsp3) is 0.120. The third kappa shape index (κ3) is 5.82. The van der Waals surface area contributed by atoms with Gasteiger partial charge in [-0.05, 0) is 55.0 Å². The molecule has 0 spiro atoms. The Hall–Kier alpha value is -4.46. The number of aromatic nitrogens is 3. The van der Waals surface area contributed by atoms with E-state index < -0.39 is 0 Å². The Bertz CT molecular complexity index is 1230. The number of urea groups is 1. The van der Waals surface area contributed by atoms with Gasteiger partial charge in [0.2, 0.25) is 11.8 Å². The van der Waals surface area contributed by atoms with Gasteiger partial charge in [0, 0.05) is 31.7 Å². The Morgan fingerprint density at radius 2 is 1.73 bits per heavy atom. The van der Waals surface area contributed by atoms with Crippen LogP contribution in [0, 0.1) is 6.92 Å². The fourth-order valence-electron chi connectivity index (χ4n) is 3.08. The van der Waals surface area contributed by atoms with E-state index >= 15 is 0 Å². The molecule has 33 heavy (non-hydrogen) atoms. The molecule has 0 aliphatic heterocycles. The second kappa shape index (κ2) is 10.2. The summed E-state index contributed by atoms with van der Waals surface area (Å²) in [5.41, 5.74) is 4.31. The summed E-state index contributed by atoms with van der Waals surface area (Å²) >= 11 is 0. The largest absolute Gasteiger partial charge is 0.438 e. The molecule has 2 aromatic carbocycles. The van der Waals surface area contributed by atoms with Gasteiger partial charge in [0.15, 0.2) is 0 Å². The topological polar surface area (TPSA) is 101 Å². The first kappa shape index (κ1) is 21.8. The molecule has 0 saturated heterocycles. The van der Waals surface area contributed by atoms with Gasteiger partial charge in [0.05, 0.1) is 11.3 Å². The molecule has 0 fully saturated rings. The second-order valence-electron chi connectivity index (χ2n) is 7.29. The first-order chi connectivity index (χ1) is 16.1. The summed E-state index contributed by atoms with van der Waals surface area (Å²) in [7, 11) is 1.76. The minimum atomic E-state index is -0.277. The highest BCUT2D eigenvalue weighted by atomic mass is 16.5. The highest BCUT2D eigenvalue weighted by Gasteiger charge is 2.11. The molecule has 0 atom stereocenters. The summed E-state index contributed by atoms with van der Waals surface area (Å²) in [6.45, 7) is 2.48. The van der Waals surface area contributed by atoms with Crippen molar-refractivity contribution in [3.05, 3.63) is 90.3 Å². The zero-order valence-corrected chi connectivity index (χ0v) is 18.4. The SMILES string of the molecule is CNc1nccc(-c2cccnc2Oc2ccc(NC(=O)NCc3ccc(C)cc3)cc2)n1. The lowest BCUT2D eigenvalue weighted by Crippen LogP contribution is -2.28. The van der Waals surface area contributed by atoms with Gasteiger partial charge in [0.25, 0.3) is 0 Å². The Kier molecular flexibility index (Phi) is 6.75. The van der Waals surface area contributed by atoms with Gasteiger partial charge in [-0.15, -0.1) is 0 Å². The van der Waals surface area contributed by atoms with Crippen LogP contribution < -0.4 is 20.7 Å². The molecule has 0 radical (unpaired) electrons. The van der Waals surface area contributed by atoms with Crippen LogP contribution in [0.1, 0.15) is 11.1 Å². The maximum absolute atomic E-state index is 12.2. The molecule has 166 valence electrons. The highest BCUT2D eigenvalue weighted by Crippen LogP contribution is 2.30. The Labute approximate surface area is 192 Å². The molecule has 2 aromatic heterocycles. The molecule has 4 aromatic rings. The van der Waals surface area contributed by atoms with E-state index in [0.29, 0.717) is 35.5 Å². The summed E-state index contributed by atoms with van der Waals surface area (Å²) in [6, 6.07) is 20.3. The number of hydrogen-bond acceptors (Lipinski definition) is 6. The quantitative estimate of drug-likeness (QED) is 0.374. The van der Waals surface area contributed by atoms with Gasteiger partial charge < -0.3 is 20.7 Å². The Morgan fingerprint density at radius 3 is 2.48 bits per heavy atom. The minimum absolute atomic E-state index is 0.277. The Balaban J connectivity index is 1.39. The molecule has 0 saturated carbocycles. The molecule has 0 aliphatic carbocycles. The number of amides is 2. The molecule has 8 heteroatoms. The van der Waals surface area contributed by atoms with Crippen LogP contribution in [0.25, 0.3) is 11.3 Å². The van der Waals surface area contributed by atoms with Gasteiger partial charge in [-0.1, -0.05) is 29.8 Å². The molecular formula is C25H24N6O2. The van der Waals surface area contributed by atoms with Crippen molar-refractivity contribution in [3.8, 4) is 22.9 Å². The van der Waals surface area contributed by atoms with E-state index in [1.54, 1.807) is 49.8 Å². The number of nitrogens with one attached hydrogen (secondary N) is 3. The van der Waals surface area contributed by atoms with Gasteiger partial charge >= 0.3 is 6.03 Å². The lowest BCUT2D eigenvalue weighted by molar-refractivity contribution is 0.251. The van der Waals surface area contributed by atoms with Crippen LogP contribution in [0.2, 0.25) is 0 Å². The molecule has 3 N–H and O–H groups in total. The number of rotatable bonds is 7. The predicted octanol–water partition coefficient (Wildman–Crippen LogP) is 5.00. The molecule has 0 bridgehead atoms. The van der Waals surface area contributed by atoms with E-state index in [-0.39, 0.29) is 6.03 Å². The lowest BCUT2D eigenvalue weighted by Gasteiger charge is -2.11. The number of hydrogen-bond donors (Lipinski definition) is 3. The number of carbonyl (C=O) groups is 1. The predicted molar refractivity (Wildman–Crippen MR) is 128 cm³/mol. The summed E-state index contributed by atoms with van der Waals surface area (Å²) in [5.74, 6) is 1.52. The fourth-order valence-corrected chi connectivity index (χ4v) is 3.08. The summed E-state index contributed by atoms with van der Waals surface area (Å²) < 4.78 is 5.99. The summed E-state index contributed by atoms with van der Waals surface area (Å²) in [5, 5.41) is 8.59. The molecule has 4 rings (SSSR count). The normalized spacial score (nSPS) is 10.4. The second-order valence-corrected chi connectivity index (χ2v) is 7.29. The molecule has 2 amide bonds. The number of anilines is 2.